The Hall–Kier alpha value is -3.00. The van der Waals surface area contributed by atoms with Gasteiger partial charge in [-0.15, -0.1) is 11.3 Å². The van der Waals surface area contributed by atoms with E-state index in [4.69, 9.17) is 4.98 Å². The van der Waals surface area contributed by atoms with Crippen LogP contribution in [0.5, 0.6) is 0 Å². The summed E-state index contributed by atoms with van der Waals surface area (Å²) < 4.78 is 1.78. The van der Waals surface area contributed by atoms with E-state index in [0.29, 0.717) is 24.7 Å². The molecule has 35 heavy (non-hydrogen) atoms. The second-order valence-corrected chi connectivity index (χ2v) is 10.7. The van der Waals surface area contributed by atoms with Crippen LogP contribution in [0.4, 0.5) is 0 Å². The number of piperidine rings is 1. The molecule has 1 aliphatic carbocycles. The van der Waals surface area contributed by atoms with Crippen molar-refractivity contribution in [1.29, 1.82) is 0 Å². The number of benzene rings is 1. The Morgan fingerprint density at radius 3 is 2.66 bits per heavy atom. The number of likely N-dealkylation sites (tertiary alicyclic amines) is 1. The van der Waals surface area contributed by atoms with Gasteiger partial charge >= 0.3 is 0 Å². The maximum atomic E-state index is 13.3. The number of rotatable bonds is 5. The normalized spacial score (nSPS) is 18.4. The van der Waals surface area contributed by atoms with E-state index < -0.39 is 0 Å². The molecule has 3 heterocycles. The molecule has 1 aliphatic heterocycles. The quantitative estimate of drug-likeness (QED) is 0.526. The molecule has 3 aromatic rings. The second-order valence-electron chi connectivity index (χ2n) is 9.83. The van der Waals surface area contributed by atoms with Crippen molar-refractivity contribution in [2.45, 2.75) is 64.5 Å². The molecule has 7 nitrogen and oxygen atoms in total. The molecule has 1 saturated heterocycles. The molecule has 0 N–H and O–H groups in total. The SMILES string of the molecule is Cc1cc(C)n(CC(=O)N2CCC(c3nc(C(=O)N(C)[C@@H]4CCCc5ccccc54)cs3)CC2)n1. The van der Waals surface area contributed by atoms with Crippen molar-refractivity contribution in [1.82, 2.24) is 24.6 Å². The Bertz CT molecular complexity index is 1220. The highest BCUT2D eigenvalue weighted by Gasteiger charge is 2.30. The van der Waals surface area contributed by atoms with E-state index >= 15 is 0 Å². The molecule has 8 heteroatoms. The fraction of sp³-hybridized carbons (Fsp3) is 0.481. The van der Waals surface area contributed by atoms with Crippen LogP contribution in [0.3, 0.4) is 0 Å². The smallest absolute Gasteiger partial charge is 0.273 e. The first kappa shape index (κ1) is 23.7. The number of fused-ring (bicyclic) bond motifs is 1. The minimum atomic E-state index is -0.00768. The van der Waals surface area contributed by atoms with Crippen molar-refractivity contribution < 1.29 is 9.59 Å². The third-order valence-corrected chi connectivity index (χ3v) is 8.46. The molecule has 5 rings (SSSR count). The van der Waals surface area contributed by atoms with Gasteiger partial charge in [-0.3, -0.25) is 14.3 Å². The topological polar surface area (TPSA) is 71.3 Å². The number of amides is 2. The highest BCUT2D eigenvalue weighted by Crippen LogP contribution is 2.35. The maximum absolute atomic E-state index is 13.3. The van der Waals surface area contributed by atoms with E-state index in [0.717, 1.165) is 48.5 Å². The molecular weight excluding hydrogens is 458 g/mol. The first-order valence-electron chi connectivity index (χ1n) is 12.5. The summed E-state index contributed by atoms with van der Waals surface area (Å²) in [7, 11) is 1.90. The van der Waals surface area contributed by atoms with Crippen LogP contribution < -0.4 is 0 Å². The molecule has 1 aromatic carbocycles. The number of thiazole rings is 1. The molecule has 2 amide bonds. The predicted molar refractivity (Wildman–Crippen MR) is 137 cm³/mol. The third kappa shape index (κ3) is 4.89. The first-order valence-corrected chi connectivity index (χ1v) is 13.4. The Morgan fingerprint density at radius 2 is 1.91 bits per heavy atom. The van der Waals surface area contributed by atoms with Crippen molar-refractivity contribution in [3.8, 4) is 0 Å². The summed E-state index contributed by atoms with van der Waals surface area (Å²) in [5, 5.41) is 7.33. The Labute approximate surface area is 210 Å². The molecule has 0 radical (unpaired) electrons. The van der Waals surface area contributed by atoms with Crippen LogP contribution in [0.25, 0.3) is 0 Å². The van der Waals surface area contributed by atoms with Crippen molar-refractivity contribution in [3.63, 3.8) is 0 Å². The monoisotopic (exact) mass is 491 g/mol. The number of aryl methyl sites for hydroxylation is 3. The van der Waals surface area contributed by atoms with E-state index in [9.17, 15) is 9.59 Å². The van der Waals surface area contributed by atoms with E-state index in [2.05, 4.69) is 29.4 Å². The van der Waals surface area contributed by atoms with E-state index in [1.807, 2.05) is 42.1 Å². The Morgan fingerprint density at radius 1 is 1.14 bits per heavy atom. The van der Waals surface area contributed by atoms with Gasteiger partial charge in [-0.2, -0.15) is 5.10 Å². The zero-order valence-corrected chi connectivity index (χ0v) is 21.6. The first-order chi connectivity index (χ1) is 16.9. The largest absolute Gasteiger partial charge is 0.341 e. The maximum Gasteiger partial charge on any atom is 0.273 e. The zero-order chi connectivity index (χ0) is 24.5. The van der Waals surface area contributed by atoms with Crippen LogP contribution >= 0.6 is 11.3 Å². The van der Waals surface area contributed by atoms with Gasteiger partial charge in [0.25, 0.3) is 5.91 Å². The Kier molecular flexibility index (Phi) is 6.73. The Balaban J connectivity index is 1.19. The number of carbonyl (C=O) groups excluding carboxylic acids is 2. The molecule has 1 atom stereocenters. The molecular formula is C27H33N5O2S. The standard InChI is InChI=1S/C27H33N5O2S/c1-18-15-19(2)32(29-18)16-25(33)31-13-11-21(12-14-31)26-28-23(17-35-26)27(34)30(3)24-10-6-8-20-7-4-5-9-22(20)24/h4-5,7,9,15,17,21,24H,6,8,10-14,16H2,1-3H3/t24-/m1/s1. The molecule has 1 fully saturated rings. The number of hydrogen-bond donors (Lipinski definition) is 0. The van der Waals surface area contributed by atoms with Crippen molar-refractivity contribution in [2.75, 3.05) is 20.1 Å². The van der Waals surface area contributed by atoms with Gasteiger partial charge in [0, 0.05) is 37.1 Å². The third-order valence-electron chi connectivity index (χ3n) is 7.45. The van der Waals surface area contributed by atoms with Gasteiger partial charge in [0.15, 0.2) is 0 Å². The second kappa shape index (κ2) is 9.93. The van der Waals surface area contributed by atoms with Crippen LogP contribution in [-0.2, 0) is 17.8 Å². The van der Waals surface area contributed by atoms with Gasteiger partial charge < -0.3 is 9.80 Å². The number of nitrogens with zero attached hydrogens (tertiary/aromatic N) is 5. The van der Waals surface area contributed by atoms with Crippen LogP contribution in [-0.4, -0.2) is 56.5 Å². The summed E-state index contributed by atoms with van der Waals surface area (Å²) in [6, 6.07) is 10.6. The summed E-state index contributed by atoms with van der Waals surface area (Å²) in [5.41, 5.74) is 5.09. The average Bonchev–Trinajstić information content (AvgIpc) is 3.49. The molecule has 0 spiro atoms. The van der Waals surface area contributed by atoms with E-state index in [-0.39, 0.29) is 24.4 Å². The minimum absolute atomic E-state index is 0.00768. The highest BCUT2D eigenvalue weighted by atomic mass is 32.1. The molecule has 184 valence electrons. The fourth-order valence-electron chi connectivity index (χ4n) is 5.47. The zero-order valence-electron chi connectivity index (χ0n) is 20.7. The number of hydrogen-bond acceptors (Lipinski definition) is 5. The highest BCUT2D eigenvalue weighted by molar-refractivity contribution is 7.09. The lowest BCUT2D eigenvalue weighted by Crippen LogP contribution is -2.40. The van der Waals surface area contributed by atoms with Gasteiger partial charge in [0.05, 0.1) is 16.7 Å². The summed E-state index contributed by atoms with van der Waals surface area (Å²) >= 11 is 1.57. The summed E-state index contributed by atoms with van der Waals surface area (Å²) in [6.45, 7) is 5.63. The van der Waals surface area contributed by atoms with E-state index in [1.165, 1.54) is 11.1 Å². The molecule has 0 bridgehead atoms. The molecule has 0 saturated carbocycles. The van der Waals surface area contributed by atoms with Crippen LogP contribution in [0.1, 0.15) is 75.7 Å². The van der Waals surface area contributed by atoms with E-state index in [1.54, 1.807) is 16.0 Å². The summed E-state index contributed by atoms with van der Waals surface area (Å²) in [6.07, 6.45) is 4.91. The summed E-state index contributed by atoms with van der Waals surface area (Å²) in [4.78, 5) is 34.7. The minimum Gasteiger partial charge on any atom is -0.341 e. The van der Waals surface area contributed by atoms with Gasteiger partial charge in [-0.05, 0) is 63.1 Å². The van der Waals surface area contributed by atoms with Crippen molar-refractivity contribution >= 4 is 23.2 Å². The van der Waals surface area contributed by atoms with Crippen LogP contribution in [0, 0.1) is 13.8 Å². The predicted octanol–water partition coefficient (Wildman–Crippen LogP) is 4.51. The van der Waals surface area contributed by atoms with Crippen LogP contribution in [0.2, 0.25) is 0 Å². The molecule has 0 unspecified atom stereocenters. The van der Waals surface area contributed by atoms with Gasteiger partial charge in [0.2, 0.25) is 5.91 Å². The van der Waals surface area contributed by atoms with Gasteiger partial charge in [0.1, 0.15) is 12.2 Å². The number of carbonyl (C=O) groups is 2. The molecule has 2 aliphatic rings. The van der Waals surface area contributed by atoms with Crippen molar-refractivity contribution in [3.05, 3.63) is 68.9 Å². The van der Waals surface area contributed by atoms with Gasteiger partial charge in [-0.1, -0.05) is 24.3 Å². The summed E-state index contributed by atoms with van der Waals surface area (Å²) in [5.74, 6) is 0.394. The van der Waals surface area contributed by atoms with Crippen molar-refractivity contribution in [2.24, 2.45) is 0 Å². The number of aromatic nitrogens is 3. The lowest BCUT2D eigenvalue weighted by atomic mass is 9.87. The van der Waals surface area contributed by atoms with Crippen LogP contribution in [0.15, 0.2) is 35.7 Å². The lowest BCUT2D eigenvalue weighted by Gasteiger charge is -2.33. The average molecular weight is 492 g/mol. The lowest BCUT2D eigenvalue weighted by molar-refractivity contribution is -0.133. The molecule has 2 aromatic heterocycles. The fourth-order valence-corrected chi connectivity index (χ4v) is 6.43. The van der Waals surface area contributed by atoms with Gasteiger partial charge in [-0.25, -0.2) is 4.98 Å².